The van der Waals surface area contributed by atoms with Crippen molar-refractivity contribution in [3.63, 3.8) is 0 Å². The van der Waals surface area contributed by atoms with Crippen molar-refractivity contribution in [3.8, 4) is 5.75 Å². The van der Waals surface area contributed by atoms with Crippen LogP contribution in [0, 0.1) is 5.92 Å². The Bertz CT molecular complexity index is 418. The van der Waals surface area contributed by atoms with Gasteiger partial charge in [-0.1, -0.05) is 12.1 Å². The number of ether oxygens (including phenoxy) is 1. The van der Waals surface area contributed by atoms with Crippen LogP contribution in [0.5, 0.6) is 5.75 Å². The summed E-state index contributed by atoms with van der Waals surface area (Å²) in [4.78, 5) is 0. The molecule has 1 aromatic rings. The Balaban J connectivity index is 2.12. The van der Waals surface area contributed by atoms with E-state index in [1.807, 2.05) is 0 Å². The van der Waals surface area contributed by atoms with Gasteiger partial charge in [0.1, 0.15) is 5.75 Å². The quantitative estimate of drug-likeness (QED) is 0.826. The number of aliphatic hydroxyl groups excluding tert-OH is 1. The summed E-state index contributed by atoms with van der Waals surface area (Å²) in [5.74, 6) is -0.256. The highest BCUT2D eigenvalue weighted by molar-refractivity contribution is 5.31. The second-order valence-corrected chi connectivity index (χ2v) is 4.32. The zero-order chi connectivity index (χ0) is 13.3. The van der Waals surface area contributed by atoms with Crippen LogP contribution >= 0.6 is 0 Å². The molecular weight excluding hydrogens is 252 g/mol. The third-order valence-corrected chi connectivity index (χ3v) is 2.78. The van der Waals surface area contributed by atoms with Gasteiger partial charge in [0.25, 0.3) is 0 Å². The molecule has 1 aliphatic carbocycles. The standard InChI is InChI=1S/C12H12F4O2/c13-11(14)12(15,16)18-9-3-1-2-8(6-9)10(17)7-4-5-7/h1-3,6-7,10-11,17H,4-5H2. The molecule has 0 saturated heterocycles. The Labute approximate surface area is 101 Å². The lowest BCUT2D eigenvalue weighted by atomic mass is 10.1. The predicted octanol–water partition coefficient (Wildman–Crippen LogP) is 3.37. The van der Waals surface area contributed by atoms with Gasteiger partial charge in [0.15, 0.2) is 0 Å². The van der Waals surface area contributed by atoms with Gasteiger partial charge in [-0.3, -0.25) is 0 Å². The first-order valence-corrected chi connectivity index (χ1v) is 5.53. The van der Waals surface area contributed by atoms with E-state index < -0.39 is 18.6 Å². The number of hydrogen-bond donors (Lipinski definition) is 1. The van der Waals surface area contributed by atoms with Gasteiger partial charge < -0.3 is 9.84 Å². The van der Waals surface area contributed by atoms with E-state index >= 15 is 0 Å². The molecule has 0 radical (unpaired) electrons. The summed E-state index contributed by atoms with van der Waals surface area (Å²) in [6.07, 6.45) is -7.43. The van der Waals surface area contributed by atoms with Crippen LogP contribution in [0.25, 0.3) is 0 Å². The third kappa shape index (κ3) is 2.93. The molecule has 1 aliphatic rings. The van der Waals surface area contributed by atoms with E-state index in [1.165, 1.54) is 12.1 Å². The van der Waals surface area contributed by atoms with Crippen molar-refractivity contribution in [1.82, 2.24) is 0 Å². The molecule has 0 aliphatic heterocycles. The molecule has 6 heteroatoms. The Morgan fingerprint density at radius 1 is 1.28 bits per heavy atom. The fraction of sp³-hybridized carbons (Fsp3) is 0.500. The summed E-state index contributed by atoms with van der Waals surface area (Å²) >= 11 is 0. The Morgan fingerprint density at radius 3 is 2.50 bits per heavy atom. The fourth-order valence-corrected chi connectivity index (χ4v) is 1.65. The Morgan fingerprint density at radius 2 is 1.94 bits per heavy atom. The lowest BCUT2D eigenvalue weighted by Gasteiger charge is -2.18. The van der Waals surface area contributed by atoms with Gasteiger partial charge in [-0.05, 0) is 36.5 Å². The maximum absolute atomic E-state index is 12.7. The van der Waals surface area contributed by atoms with Crippen molar-refractivity contribution in [2.75, 3.05) is 0 Å². The van der Waals surface area contributed by atoms with Crippen LogP contribution in [0.2, 0.25) is 0 Å². The number of halogens is 4. The summed E-state index contributed by atoms with van der Waals surface area (Å²) in [6.45, 7) is 0. The lowest BCUT2D eigenvalue weighted by Crippen LogP contribution is -2.33. The molecule has 0 bridgehead atoms. The van der Waals surface area contributed by atoms with Crippen LogP contribution in [0.15, 0.2) is 24.3 Å². The average molecular weight is 264 g/mol. The number of benzene rings is 1. The minimum Gasteiger partial charge on any atom is -0.428 e. The van der Waals surface area contributed by atoms with Crippen LogP contribution in [0.4, 0.5) is 17.6 Å². The predicted molar refractivity (Wildman–Crippen MR) is 55.7 cm³/mol. The molecule has 100 valence electrons. The van der Waals surface area contributed by atoms with Gasteiger partial charge in [0.2, 0.25) is 0 Å². The number of rotatable bonds is 5. The minimum atomic E-state index is -4.52. The zero-order valence-electron chi connectivity index (χ0n) is 9.32. The first-order chi connectivity index (χ1) is 8.40. The number of hydrogen-bond acceptors (Lipinski definition) is 2. The van der Waals surface area contributed by atoms with E-state index in [0.29, 0.717) is 5.56 Å². The van der Waals surface area contributed by atoms with Crippen LogP contribution in [-0.4, -0.2) is 17.6 Å². The molecule has 0 aromatic heterocycles. The third-order valence-electron chi connectivity index (χ3n) is 2.78. The maximum atomic E-state index is 12.7. The first kappa shape index (κ1) is 13.1. The topological polar surface area (TPSA) is 29.5 Å². The normalized spacial score (nSPS) is 17.9. The molecule has 1 saturated carbocycles. The van der Waals surface area contributed by atoms with Crippen molar-refractivity contribution in [2.24, 2.45) is 5.92 Å². The summed E-state index contributed by atoms with van der Waals surface area (Å²) in [5.41, 5.74) is 0.403. The smallest absolute Gasteiger partial charge is 0.428 e. The van der Waals surface area contributed by atoms with Crippen LogP contribution in [-0.2, 0) is 0 Å². The molecule has 1 atom stereocenters. The molecule has 2 rings (SSSR count). The molecule has 1 N–H and O–H groups in total. The highest BCUT2D eigenvalue weighted by Crippen LogP contribution is 2.41. The Kier molecular flexibility index (Phi) is 3.47. The summed E-state index contributed by atoms with van der Waals surface area (Å²) in [7, 11) is 0. The molecule has 1 aromatic carbocycles. The molecule has 0 spiro atoms. The van der Waals surface area contributed by atoms with E-state index in [9.17, 15) is 22.7 Å². The number of aliphatic hydroxyl groups is 1. The van der Waals surface area contributed by atoms with Gasteiger partial charge in [0.05, 0.1) is 6.10 Å². The average Bonchev–Trinajstić information content (AvgIpc) is 3.11. The van der Waals surface area contributed by atoms with Gasteiger partial charge in [-0.15, -0.1) is 0 Å². The van der Waals surface area contributed by atoms with Crippen molar-refractivity contribution < 1.29 is 27.4 Å². The van der Waals surface area contributed by atoms with Crippen molar-refractivity contribution in [2.45, 2.75) is 31.5 Å². The molecule has 18 heavy (non-hydrogen) atoms. The molecule has 0 amide bonds. The zero-order valence-corrected chi connectivity index (χ0v) is 9.32. The van der Waals surface area contributed by atoms with Crippen LogP contribution in [0.1, 0.15) is 24.5 Å². The maximum Gasteiger partial charge on any atom is 0.461 e. The SMILES string of the molecule is OC(c1cccc(OC(F)(F)C(F)F)c1)C1CC1. The molecule has 1 unspecified atom stereocenters. The fourth-order valence-electron chi connectivity index (χ4n) is 1.65. The molecule has 0 heterocycles. The van der Waals surface area contributed by atoms with E-state index in [4.69, 9.17) is 0 Å². The molecule has 2 nitrogen and oxygen atoms in total. The largest absolute Gasteiger partial charge is 0.461 e. The highest BCUT2D eigenvalue weighted by Gasteiger charge is 2.44. The monoisotopic (exact) mass is 264 g/mol. The molecule has 1 fully saturated rings. The minimum absolute atomic E-state index is 0.121. The Hall–Kier alpha value is -1.30. The van der Waals surface area contributed by atoms with E-state index in [0.717, 1.165) is 18.9 Å². The van der Waals surface area contributed by atoms with E-state index in [-0.39, 0.29) is 11.7 Å². The second kappa shape index (κ2) is 4.76. The van der Waals surface area contributed by atoms with Gasteiger partial charge >= 0.3 is 12.5 Å². The summed E-state index contributed by atoms with van der Waals surface area (Å²) in [6, 6.07) is 5.26. The van der Waals surface area contributed by atoms with Gasteiger partial charge in [0, 0.05) is 0 Å². The summed E-state index contributed by atoms with van der Waals surface area (Å²) < 4.78 is 53.3. The van der Waals surface area contributed by atoms with Crippen molar-refractivity contribution in [3.05, 3.63) is 29.8 Å². The van der Waals surface area contributed by atoms with Crippen molar-refractivity contribution in [1.29, 1.82) is 0 Å². The van der Waals surface area contributed by atoms with E-state index in [2.05, 4.69) is 4.74 Å². The van der Waals surface area contributed by atoms with E-state index in [1.54, 1.807) is 6.07 Å². The lowest BCUT2D eigenvalue weighted by molar-refractivity contribution is -0.253. The van der Waals surface area contributed by atoms with Gasteiger partial charge in [-0.25, -0.2) is 0 Å². The number of alkyl halides is 4. The van der Waals surface area contributed by atoms with Crippen LogP contribution in [0.3, 0.4) is 0 Å². The second-order valence-electron chi connectivity index (χ2n) is 4.32. The molecular formula is C12H12F4O2. The van der Waals surface area contributed by atoms with Crippen molar-refractivity contribution >= 4 is 0 Å². The van der Waals surface area contributed by atoms with Crippen LogP contribution < -0.4 is 4.74 Å². The van der Waals surface area contributed by atoms with Gasteiger partial charge in [-0.2, -0.15) is 17.6 Å². The first-order valence-electron chi connectivity index (χ1n) is 5.53. The highest BCUT2D eigenvalue weighted by atomic mass is 19.3. The summed E-state index contributed by atoms with van der Waals surface area (Å²) in [5, 5.41) is 9.80.